The quantitative estimate of drug-likeness (QED) is 0.437. The van der Waals surface area contributed by atoms with E-state index < -0.39 is 20.7 Å². The molecule has 2 aromatic rings. The fourth-order valence-corrected chi connectivity index (χ4v) is 2.55. The van der Waals surface area contributed by atoms with Gasteiger partial charge in [0.05, 0.1) is 16.1 Å². The Balaban J connectivity index is 1.99. The van der Waals surface area contributed by atoms with Crippen molar-refractivity contribution in [3.05, 3.63) is 52.5 Å². The van der Waals surface area contributed by atoms with Gasteiger partial charge in [0, 0.05) is 25.4 Å². The molecule has 0 aliphatic carbocycles. The number of furan rings is 1. The molecule has 0 spiro atoms. The zero-order valence-corrected chi connectivity index (χ0v) is 13.5. The van der Waals surface area contributed by atoms with E-state index in [1.165, 1.54) is 24.5 Å². The van der Waals surface area contributed by atoms with Crippen LogP contribution in [0.1, 0.15) is 10.6 Å². The number of nitro benzene ring substituents is 1. The standard InChI is InChI=1S/C14H15N3O6S/c1-24(21,22)10-4-5-11(12(9-10)17(19)20)15-6-7-16-14(18)13-3-2-8-23-13/h2-5,8-9,15H,6-7H2,1H3,(H,16,18). The first-order chi connectivity index (χ1) is 11.3. The van der Waals surface area contributed by atoms with E-state index in [1.807, 2.05) is 0 Å². The lowest BCUT2D eigenvalue weighted by atomic mass is 10.2. The van der Waals surface area contributed by atoms with Crippen LogP contribution in [-0.4, -0.2) is 38.6 Å². The van der Waals surface area contributed by atoms with Gasteiger partial charge in [-0.2, -0.15) is 0 Å². The highest BCUT2D eigenvalue weighted by atomic mass is 32.2. The number of rotatable bonds is 7. The summed E-state index contributed by atoms with van der Waals surface area (Å²) in [6.45, 7) is 0.413. The number of anilines is 1. The number of amides is 1. The second-order valence-electron chi connectivity index (χ2n) is 4.87. The number of hydrogen-bond acceptors (Lipinski definition) is 7. The van der Waals surface area contributed by atoms with E-state index in [4.69, 9.17) is 4.42 Å². The first kappa shape index (κ1) is 17.5. The fraction of sp³-hybridized carbons (Fsp3) is 0.214. The van der Waals surface area contributed by atoms with Crippen LogP contribution < -0.4 is 10.6 Å². The third-order valence-electron chi connectivity index (χ3n) is 3.07. The molecule has 1 amide bonds. The van der Waals surface area contributed by atoms with E-state index in [0.717, 1.165) is 12.3 Å². The molecule has 9 nitrogen and oxygen atoms in total. The predicted molar refractivity (Wildman–Crippen MR) is 85.7 cm³/mol. The summed E-state index contributed by atoms with van der Waals surface area (Å²) in [5.74, 6) is -0.234. The molecular weight excluding hydrogens is 338 g/mol. The normalized spacial score (nSPS) is 11.0. The number of nitrogens with zero attached hydrogens (tertiary/aromatic N) is 1. The van der Waals surface area contributed by atoms with Crippen LogP contribution in [0.3, 0.4) is 0 Å². The topological polar surface area (TPSA) is 132 Å². The second-order valence-corrected chi connectivity index (χ2v) is 6.88. The van der Waals surface area contributed by atoms with Gasteiger partial charge in [-0.15, -0.1) is 0 Å². The van der Waals surface area contributed by atoms with Gasteiger partial charge >= 0.3 is 0 Å². The van der Waals surface area contributed by atoms with Gasteiger partial charge in [0.2, 0.25) is 0 Å². The molecule has 24 heavy (non-hydrogen) atoms. The third-order valence-corrected chi connectivity index (χ3v) is 4.18. The Morgan fingerprint density at radius 2 is 2.04 bits per heavy atom. The average Bonchev–Trinajstić information content (AvgIpc) is 3.04. The van der Waals surface area contributed by atoms with Gasteiger partial charge in [-0.1, -0.05) is 0 Å². The molecule has 0 radical (unpaired) electrons. The van der Waals surface area contributed by atoms with Crippen molar-refractivity contribution >= 4 is 27.1 Å². The molecular formula is C14H15N3O6S. The molecule has 0 saturated carbocycles. The van der Waals surface area contributed by atoms with Crippen molar-refractivity contribution in [2.75, 3.05) is 24.7 Å². The third kappa shape index (κ3) is 4.32. The van der Waals surface area contributed by atoms with Crippen LogP contribution in [0, 0.1) is 10.1 Å². The average molecular weight is 353 g/mol. The second kappa shape index (κ2) is 7.13. The number of nitro groups is 1. The van der Waals surface area contributed by atoms with E-state index >= 15 is 0 Å². The number of carbonyl (C=O) groups is 1. The minimum absolute atomic E-state index is 0.133. The van der Waals surface area contributed by atoms with E-state index in [1.54, 1.807) is 6.07 Å². The molecule has 0 bridgehead atoms. The maximum Gasteiger partial charge on any atom is 0.293 e. The van der Waals surface area contributed by atoms with Crippen molar-refractivity contribution in [1.82, 2.24) is 5.32 Å². The van der Waals surface area contributed by atoms with E-state index in [0.29, 0.717) is 0 Å². The summed E-state index contributed by atoms with van der Waals surface area (Å²) in [6, 6.07) is 6.70. The minimum atomic E-state index is -3.54. The molecule has 2 rings (SSSR count). The largest absolute Gasteiger partial charge is 0.459 e. The van der Waals surface area contributed by atoms with Gasteiger partial charge in [0.15, 0.2) is 15.6 Å². The summed E-state index contributed by atoms with van der Waals surface area (Å²) < 4.78 is 27.9. The Morgan fingerprint density at radius 3 is 2.62 bits per heavy atom. The highest BCUT2D eigenvalue weighted by Crippen LogP contribution is 2.27. The number of carbonyl (C=O) groups excluding carboxylic acids is 1. The first-order valence-electron chi connectivity index (χ1n) is 6.83. The lowest BCUT2D eigenvalue weighted by Gasteiger charge is -2.09. The van der Waals surface area contributed by atoms with Gasteiger partial charge in [-0.25, -0.2) is 8.42 Å². The molecule has 0 aliphatic rings. The highest BCUT2D eigenvalue weighted by molar-refractivity contribution is 7.90. The van der Waals surface area contributed by atoms with E-state index in [2.05, 4.69) is 10.6 Å². The Hall–Kier alpha value is -2.88. The van der Waals surface area contributed by atoms with Crippen LogP contribution in [0.4, 0.5) is 11.4 Å². The van der Waals surface area contributed by atoms with Crippen LogP contribution in [0.2, 0.25) is 0 Å². The predicted octanol–water partition coefficient (Wildman–Crippen LogP) is 1.43. The molecule has 0 fully saturated rings. The Labute approximate surface area is 137 Å². The Bertz CT molecular complexity index is 845. The zero-order valence-electron chi connectivity index (χ0n) is 12.7. The minimum Gasteiger partial charge on any atom is -0.459 e. The Kier molecular flexibility index (Phi) is 5.19. The van der Waals surface area contributed by atoms with Crippen molar-refractivity contribution in [1.29, 1.82) is 0 Å². The van der Waals surface area contributed by atoms with Crippen LogP contribution in [0.15, 0.2) is 45.9 Å². The number of nitrogens with one attached hydrogen (secondary N) is 2. The van der Waals surface area contributed by atoms with Gasteiger partial charge in [0.1, 0.15) is 5.69 Å². The van der Waals surface area contributed by atoms with Crippen molar-refractivity contribution in [2.24, 2.45) is 0 Å². The molecule has 2 N–H and O–H groups in total. The molecule has 0 aliphatic heterocycles. The Morgan fingerprint density at radius 1 is 1.29 bits per heavy atom. The monoisotopic (exact) mass is 353 g/mol. The maximum absolute atomic E-state index is 11.6. The van der Waals surface area contributed by atoms with Gasteiger partial charge < -0.3 is 15.1 Å². The summed E-state index contributed by atoms with van der Waals surface area (Å²) in [7, 11) is -3.54. The summed E-state index contributed by atoms with van der Waals surface area (Å²) in [5.41, 5.74) is -0.185. The molecule has 128 valence electrons. The van der Waals surface area contributed by atoms with Crippen molar-refractivity contribution in [2.45, 2.75) is 4.90 Å². The summed E-state index contributed by atoms with van der Waals surface area (Å²) in [5, 5.41) is 16.5. The van der Waals surface area contributed by atoms with Crippen LogP contribution in [0.25, 0.3) is 0 Å². The van der Waals surface area contributed by atoms with Crippen LogP contribution in [-0.2, 0) is 9.84 Å². The fourth-order valence-electron chi connectivity index (χ4n) is 1.91. The number of sulfone groups is 1. The molecule has 1 aromatic carbocycles. The van der Waals surface area contributed by atoms with Crippen LogP contribution in [0.5, 0.6) is 0 Å². The molecule has 0 atom stereocenters. The van der Waals surface area contributed by atoms with E-state index in [-0.39, 0.29) is 35.1 Å². The van der Waals surface area contributed by atoms with Crippen molar-refractivity contribution in [3.63, 3.8) is 0 Å². The van der Waals surface area contributed by atoms with Gasteiger partial charge in [-0.3, -0.25) is 14.9 Å². The lowest BCUT2D eigenvalue weighted by molar-refractivity contribution is -0.384. The molecule has 1 heterocycles. The maximum atomic E-state index is 11.6. The number of hydrogen-bond donors (Lipinski definition) is 2. The molecule has 0 saturated heterocycles. The summed E-state index contributed by atoms with van der Waals surface area (Å²) in [4.78, 5) is 21.9. The zero-order chi connectivity index (χ0) is 17.7. The van der Waals surface area contributed by atoms with E-state index in [9.17, 15) is 23.3 Å². The van der Waals surface area contributed by atoms with Gasteiger partial charge in [-0.05, 0) is 24.3 Å². The van der Waals surface area contributed by atoms with Crippen molar-refractivity contribution in [3.8, 4) is 0 Å². The SMILES string of the molecule is CS(=O)(=O)c1ccc(NCCNC(=O)c2ccco2)c([N+](=O)[O-])c1. The summed E-state index contributed by atoms with van der Waals surface area (Å²) in [6.07, 6.45) is 2.35. The molecule has 0 unspecified atom stereocenters. The van der Waals surface area contributed by atoms with Gasteiger partial charge in [0.25, 0.3) is 11.6 Å². The van der Waals surface area contributed by atoms with Crippen LogP contribution >= 0.6 is 0 Å². The summed E-state index contributed by atoms with van der Waals surface area (Å²) >= 11 is 0. The smallest absolute Gasteiger partial charge is 0.293 e. The molecule has 1 aromatic heterocycles. The molecule has 10 heteroatoms. The van der Waals surface area contributed by atoms with Crippen molar-refractivity contribution < 1.29 is 22.6 Å². The lowest BCUT2D eigenvalue weighted by Crippen LogP contribution is -2.28. The number of benzene rings is 1. The highest BCUT2D eigenvalue weighted by Gasteiger charge is 2.18. The first-order valence-corrected chi connectivity index (χ1v) is 8.72.